The first-order valence-corrected chi connectivity index (χ1v) is 6.78. The van der Waals surface area contributed by atoms with Gasteiger partial charge in [0.25, 0.3) is 0 Å². The monoisotopic (exact) mass is 259 g/mol. The van der Waals surface area contributed by atoms with Crippen molar-refractivity contribution in [2.45, 2.75) is 19.3 Å². The van der Waals surface area contributed by atoms with Gasteiger partial charge in [0, 0.05) is 16.9 Å². The van der Waals surface area contributed by atoms with Gasteiger partial charge < -0.3 is 5.11 Å². The third-order valence-corrected chi connectivity index (χ3v) is 4.18. The zero-order valence-corrected chi connectivity index (χ0v) is 10.8. The highest BCUT2D eigenvalue weighted by Crippen LogP contribution is 2.48. The maximum Gasteiger partial charge on any atom is 0.307 e. The highest BCUT2D eigenvalue weighted by molar-refractivity contribution is 7.13. The maximum atomic E-state index is 10.8. The Bertz CT molecular complexity index is 605. The smallest absolute Gasteiger partial charge is 0.307 e. The van der Waals surface area contributed by atoms with Gasteiger partial charge in [-0.15, -0.1) is 11.3 Å². The molecule has 1 aromatic carbocycles. The normalized spacial score (nSPS) is 21.8. The fourth-order valence-electron chi connectivity index (χ4n) is 2.16. The molecule has 0 spiro atoms. The summed E-state index contributed by atoms with van der Waals surface area (Å²) in [5, 5.41) is 11.9. The van der Waals surface area contributed by atoms with Gasteiger partial charge in [0.15, 0.2) is 0 Å². The van der Waals surface area contributed by atoms with E-state index in [1.807, 2.05) is 17.5 Å². The molecule has 0 amide bonds. The summed E-state index contributed by atoms with van der Waals surface area (Å²) in [6.45, 7) is 2.05. The summed E-state index contributed by atoms with van der Waals surface area (Å²) < 4.78 is 0. The van der Waals surface area contributed by atoms with Crippen LogP contribution in [0.25, 0.3) is 10.6 Å². The molecule has 3 rings (SSSR count). The van der Waals surface area contributed by atoms with Crippen LogP contribution in [0.2, 0.25) is 0 Å². The molecule has 18 heavy (non-hydrogen) atoms. The van der Waals surface area contributed by atoms with Crippen LogP contribution in [-0.2, 0) is 4.79 Å². The second-order valence-corrected chi connectivity index (χ2v) is 5.59. The molecule has 1 aromatic heterocycles. The average molecular weight is 259 g/mol. The molecule has 1 N–H and O–H groups in total. The number of aliphatic carboxylic acids is 1. The molecular formula is C14H13NO2S. The van der Waals surface area contributed by atoms with Crippen molar-refractivity contribution in [3.8, 4) is 10.6 Å². The van der Waals surface area contributed by atoms with Gasteiger partial charge in [-0.05, 0) is 19.4 Å². The molecule has 0 saturated heterocycles. The van der Waals surface area contributed by atoms with Gasteiger partial charge >= 0.3 is 5.97 Å². The Kier molecular flexibility index (Phi) is 2.67. The van der Waals surface area contributed by atoms with Crippen LogP contribution in [-0.4, -0.2) is 16.1 Å². The number of nitrogens with zero attached hydrogens (tertiary/aromatic N) is 1. The van der Waals surface area contributed by atoms with Crippen molar-refractivity contribution in [1.29, 1.82) is 0 Å². The lowest BCUT2D eigenvalue weighted by atomic mass is 10.1. The van der Waals surface area contributed by atoms with Gasteiger partial charge in [-0.25, -0.2) is 4.98 Å². The predicted octanol–water partition coefficient (Wildman–Crippen LogP) is 3.31. The largest absolute Gasteiger partial charge is 0.481 e. The van der Waals surface area contributed by atoms with Crippen LogP contribution >= 0.6 is 11.3 Å². The lowest BCUT2D eigenvalue weighted by Crippen LogP contribution is -1.98. The van der Waals surface area contributed by atoms with E-state index in [4.69, 9.17) is 5.11 Å². The molecule has 1 aliphatic rings. The quantitative estimate of drug-likeness (QED) is 0.920. The summed E-state index contributed by atoms with van der Waals surface area (Å²) >= 11 is 1.59. The summed E-state index contributed by atoms with van der Waals surface area (Å²) in [7, 11) is 0. The standard InChI is InChI=1S/C14H13NO2S/c1-8-3-2-4-9(5-8)13-15-12(7-18-13)10-6-11(10)14(16)17/h2-5,7,10-11H,6H2,1H3,(H,16,17). The summed E-state index contributed by atoms with van der Waals surface area (Å²) in [5.41, 5.74) is 3.25. The maximum absolute atomic E-state index is 10.8. The van der Waals surface area contributed by atoms with E-state index in [9.17, 15) is 4.79 Å². The molecule has 92 valence electrons. The second-order valence-electron chi connectivity index (χ2n) is 4.73. The summed E-state index contributed by atoms with van der Waals surface area (Å²) in [4.78, 5) is 15.4. The zero-order valence-electron chi connectivity index (χ0n) is 9.96. The number of aromatic nitrogens is 1. The van der Waals surface area contributed by atoms with E-state index in [1.165, 1.54) is 5.56 Å². The fraction of sp³-hybridized carbons (Fsp3) is 0.286. The van der Waals surface area contributed by atoms with Gasteiger partial charge in [0.05, 0.1) is 11.6 Å². The number of carboxylic acid groups (broad SMARTS) is 1. The van der Waals surface area contributed by atoms with E-state index < -0.39 is 5.97 Å². The number of carboxylic acids is 1. The molecule has 0 aliphatic heterocycles. The molecule has 4 heteroatoms. The molecular weight excluding hydrogens is 246 g/mol. The molecule has 1 aliphatic carbocycles. The van der Waals surface area contributed by atoms with Gasteiger partial charge in [-0.2, -0.15) is 0 Å². The molecule has 1 saturated carbocycles. The van der Waals surface area contributed by atoms with Crippen LogP contribution in [0.3, 0.4) is 0 Å². The lowest BCUT2D eigenvalue weighted by Gasteiger charge is -1.97. The van der Waals surface area contributed by atoms with Crippen molar-refractivity contribution < 1.29 is 9.90 Å². The van der Waals surface area contributed by atoms with E-state index in [0.717, 1.165) is 22.7 Å². The van der Waals surface area contributed by atoms with E-state index in [1.54, 1.807) is 11.3 Å². The first-order chi connectivity index (χ1) is 8.65. The third-order valence-electron chi connectivity index (χ3n) is 3.27. The third kappa shape index (κ3) is 2.04. The lowest BCUT2D eigenvalue weighted by molar-refractivity contribution is -0.138. The summed E-state index contributed by atoms with van der Waals surface area (Å²) in [6.07, 6.45) is 0.728. The SMILES string of the molecule is Cc1cccc(-c2nc(C3CC3C(=O)O)cs2)c1. The topological polar surface area (TPSA) is 50.2 Å². The van der Waals surface area contributed by atoms with Crippen LogP contribution in [0.5, 0.6) is 0 Å². The minimum atomic E-state index is -0.704. The van der Waals surface area contributed by atoms with Crippen LogP contribution in [0.1, 0.15) is 23.6 Å². The van der Waals surface area contributed by atoms with Crippen LogP contribution in [0.4, 0.5) is 0 Å². The number of hydrogen-bond acceptors (Lipinski definition) is 3. The zero-order chi connectivity index (χ0) is 12.7. The van der Waals surface area contributed by atoms with Gasteiger partial charge in [-0.1, -0.05) is 23.8 Å². The number of aryl methyl sites for hydroxylation is 1. The molecule has 1 fully saturated rings. The van der Waals surface area contributed by atoms with Crippen LogP contribution in [0, 0.1) is 12.8 Å². The Morgan fingerprint density at radius 2 is 2.33 bits per heavy atom. The predicted molar refractivity (Wildman–Crippen MR) is 70.8 cm³/mol. The Hall–Kier alpha value is -1.68. The van der Waals surface area contributed by atoms with Crippen molar-refractivity contribution in [2.75, 3.05) is 0 Å². The van der Waals surface area contributed by atoms with Crippen molar-refractivity contribution in [1.82, 2.24) is 4.98 Å². The molecule has 3 nitrogen and oxygen atoms in total. The van der Waals surface area contributed by atoms with E-state index in [-0.39, 0.29) is 11.8 Å². The first kappa shape index (κ1) is 11.4. The molecule has 2 atom stereocenters. The van der Waals surface area contributed by atoms with Gasteiger partial charge in [0.2, 0.25) is 0 Å². The highest BCUT2D eigenvalue weighted by atomic mass is 32.1. The number of rotatable bonds is 3. The van der Waals surface area contributed by atoms with E-state index in [0.29, 0.717) is 0 Å². The first-order valence-electron chi connectivity index (χ1n) is 5.90. The van der Waals surface area contributed by atoms with Crippen molar-refractivity contribution in [3.05, 3.63) is 40.9 Å². The number of thiazole rings is 1. The van der Waals surface area contributed by atoms with Gasteiger partial charge in [0.1, 0.15) is 5.01 Å². The Labute approximate surface area is 109 Å². The fourth-order valence-corrected chi connectivity index (χ4v) is 3.04. The number of carbonyl (C=O) groups is 1. The minimum absolute atomic E-state index is 0.123. The molecule has 0 radical (unpaired) electrons. The molecule has 2 unspecified atom stereocenters. The highest BCUT2D eigenvalue weighted by Gasteiger charge is 2.45. The Morgan fingerprint density at radius 3 is 3.00 bits per heavy atom. The van der Waals surface area contributed by atoms with E-state index in [2.05, 4.69) is 24.0 Å². The van der Waals surface area contributed by atoms with Crippen molar-refractivity contribution in [2.24, 2.45) is 5.92 Å². The van der Waals surface area contributed by atoms with Gasteiger partial charge in [-0.3, -0.25) is 4.79 Å². The Balaban J connectivity index is 1.84. The van der Waals surface area contributed by atoms with Crippen LogP contribution < -0.4 is 0 Å². The van der Waals surface area contributed by atoms with Crippen molar-refractivity contribution in [3.63, 3.8) is 0 Å². The second kappa shape index (κ2) is 4.21. The van der Waals surface area contributed by atoms with Crippen molar-refractivity contribution >= 4 is 17.3 Å². The minimum Gasteiger partial charge on any atom is -0.481 e. The Morgan fingerprint density at radius 1 is 1.50 bits per heavy atom. The number of hydrogen-bond donors (Lipinski definition) is 1. The van der Waals surface area contributed by atoms with Crippen LogP contribution in [0.15, 0.2) is 29.6 Å². The average Bonchev–Trinajstić information content (AvgIpc) is 3.00. The molecule has 1 heterocycles. The summed E-state index contributed by atoms with van der Waals surface area (Å²) in [6, 6.07) is 8.21. The number of benzene rings is 1. The molecule has 0 bridgehead atoms. The van der Waals surface area contributed by atoms with E-state index >= 15 is 0 Å². The summed E-state index contributed by atoms with van der Waals surface area (Å²) in [5.74, 6) is -0.806. The molecule has 2 aromatic rings.